The molecule has 0 spiro atoms. The van der Waals surface area contributed by atoms with Gasteiger partial charge in [0, 0.05) is 6.42 Å². The smallest absolute Gasteiger partial charge is 0.407 e. The van der Waals surface area contributed by atoms with Crippen LogP contribution in [0, 0.1) is 0 Å². The van der Waals surface area contributed by atoms with Gasteiger partial charge in [-0.1, -0.05) is 31.6 Å². The molecule has 39 heavy (non-hydrogen) atoms. The van der Waals surface area contributed by atoms with Gasteiger partial charge in [-0.2, -0.15) is 0 Å². The van der Waals surface area contributed by atoms with Gasteiger partial charge in [0.1, 0.15) is 34.9 Å². The van der Waals surface area contributed by atoms with Crippen molar-refractivity contribution >= 4 is 29.7 Å². The van der Waals surface area contributed by atoms with Crippen molar-refractivity contribution in [1.29, 1.82) is 0 Å². The van der Waals surface area contributed by atoms with E-state index in [0.717, 1.165) is 12.8 Å². The van der Waals surface area contributed by atoms with Crippen LogP contribution in [-0.2, 0) is 30.4 Å². The fourth-order valence-electron chi connectivity index (χ4n) is 3.06. The molecule has 0 radical (unpaired) electrons. The van der Waals surface area contributed by atoms with Crippen molar-refractivity contribution in [3.05, 3.63) is 53.5 Å². The van der Waals surface area contributed by atoms with Crippen molar-refractivity contribution < 1.29 is 33.4 Å². The Hall–Kier alpha value is -4.02. The third-order valence-corrected chi connectivity index (χ3v) is 4.90. The summed E-state index contributed by atoms with van der Waals surface area (Å²) in [5, 5.41) is 7.53. The largest absolute Gasteiger partial charge is 0.456 e. The highest BCUT2D eigenvalue weighted by Gasteiger charge is 2.23. The van der Waals surface area contributed by atoms with Crippen LogP contribution in [-0.4, -0.2) is 52.4 Å². The number of alkyl carbamates (subject to hydrolysis) is 1. The van der Waals surface area contributed by atoms with Gasteiger partial charge in [0.2, 0.25) is 0 Å². The van der Waals surface area contributed by atoms with E-state index in [1.54, 1.807) is 45.9 Å². The maximum atomic E-state index is 12.8. The lowest BCUT2D eigenvalue weighted by Crippen LogP contribution is -2.44. The molecule has 0 aliphatic rings. The normalized spacial score (nSPS) is 13.3. The first-order chi connectivity index (χ1) is 18.2. The molecule has 0 saturated carbocycles. The second kappa shape index (κ2) is 16.1. The minimum atomic E-state index is -1.04. The molecule has 11 nitrogen and oxygen atoms in total. The SMILES string of the molecule is C/C=C(\NC(=O)c1cccc(CNC(=O)OC(C)(C)C)n1)C(=O)N[C@@H](C)C(=O)O[C@H](/C=C/CCC)CC(C)=O. The Kier molecular flexibility index (Phi) is 13.6. The molecular weight excluding hydrogens is 504 g/mol. The summed E-state index contributed by atoms with van der Waals surface area (Å²) in [4.78, 5) is 65.6. The third kappa shape index (κ3) is 13.4. The molecule has 0 aliphatic heterocycles. The minimum Gasteiger partial charge on any atom is -0.456 e. The van der Waals surface area contributed by atoms with Gasteiger partial charge in [-0.3, -0.25) is 14.4 Å². The van der Waals surface area contributed by atoms with Crippen molar-refractivity contribution in [3.63, 3.8) is 0 Å². The number of amides is 3. The Balaban J connectivity index is 2.76. The molecule has 1 aromatic heterocycles. The van der Waals surface area contributed by atoms with Crippen molar-refractivity contribution in [2.24, 2.45) is 0 Å². The van der Waals surface area contributed by atoms with Gasteiger partial charge in [0.25, 0.3) is 11.8 Å². The van der Waals surface area contributed by atoms with Crippen molar-refractivity contribution in [2.45, 2.75) is 92.0 Å². The molecular formula is C28H40N4O7. The monoisotopic (exact) mass is 544 g/mol. The molecule has 11 heteroatoms. The molecule has 0 saturated heterocycles. The Bertz CT molecular complexity index is 1090. The number of carbonyl (C=O) groups excluding carboxylic acids is 5. The van der Waals surface area contributed by atoms with Crippen molar-refractivity contribution in [1.82, 2.24) is 20.9 Å². The number of ether oxygens (including phenoxy) is 2. The molecule has 3 amide bonds. The second-order valence-corrected chi connectivity index (χ2v) is 9.82. The molecule has 1 aromatic rings. The topological polar surface area (TPSA) is 153 Å². The summed E-state index contributed by atoms with van der Waals surface area (Å²) >= 11 is 0. The Morgan fingerprint density at radius 2 is 1.82 bits per heavy atom. The van der Waals surface area contributed by atoms with Crippen LogP contribution in [0.25, 0.3) is 0 Å². The summed E-state index contributed by atoms with van der Waals surface area (Å²) in [5.41, 5.74) is -0.325. The molecule has 2 atom stereocenters. The molecule has 3 N–H and O–H groups in total. The Morgan fingerprint density at radius 1 is 1.13 bits per heavy atom. The molecule has 0 bridgehead atoms. The summed E-state index contributed by atoms with van der Waals surface area (Å²) in [5.74, 6) is -2.22. The number of carbonyl (C=O) groups is 5. The summed E-state index contributed by atoms with van der Waals surface area (Å²) in [6.07, 6.45) is 5.25. The molecule has 0 fully saturated rings. The number of nitrogens with zero attached hydrogens (tertiary/aromatic N) is 1. The van der Waals surface area contributed by atoms with E-state index in [0.29, 0.717) is 5.69 Å². The van der Waals surface area contributed by atoms with Crippen molar-refractivity contribution in [2.75, 3.05) is 0 Å². The lowest BCUT2D eigenvalue weighted by molar-refractivity contribution is -0.150. The molecule has 0 aromatic carbocycles. The highest BCUT2D eigenvalue weighted by atomic mass is 16.6. The maximum absolute atomic E-state index is 12.8. The fraction of sp³-hybridized carbons (Fsp3) is 0.500. The number of pyridine rings is 1. The number of hydrogen-bond donors (Lipinski definition) is 3. The van der Waals surface area contributed by atoms with Gasteiger partial charge in [0.05, 0.1) is 12.2 Å². The van der Waals surface area contributed by atoms with E-state index in [2.05, 4.69) is 20.9 Å². The average molecular weight is 545 g/mol. The molecule has 0 unspecified atom stereocenters. The minimum absolute atomic E-state index is 0.0176. The predicted molar refractivity (Wildman–Crippen MR) is 145 cm³/mol. The van der Waals surface area contributed by atoms with Gasteiger partial charge < -0.3 is 25.4 Å². The average Bonchev–Trinajstić information content (AvgIpc) is 2.84. The van der Waals surface area contributed by atoms with Crippen LogP contribution in [0.15, 0.2) is 42.1 Å². The van der Waals surface area contributed by atoms with E-state index in [4.69, 9.17) is 9.47 Å². The standard InChI is InChI=1S/C28H40N4O7/c1-8-10-11-14-21(16-18(3)33)38-26(36)19(4)30-24(34)22(9-2)32-25(35)23-15-12-13-20(31-23)17-29-27(37)39-28(5,6)7/h9,11-15,19,21H,8,10,16-17H2,1-7H3,(H,29,37)(H,30,34)(H,32,35)/b14-11+,22-9-/t19-,21+/m0/s1. The van der Waals surface area contributed by atoms with Crippen LogP contribution in [0.4, 0.5) is 4.79 Å². The molecule has 1 heterocycles. The zero-order valence-electron chi connectivity index (χ0n) is 23.8. The number of allylic oxidation sites excluding steroid dienone is 2. The Morgan fingerprint density at radius 3 is 2.41 bits per heavy atom. The summed E-state index contributed by atoms with van der Waals surface area (Å²) in [7, 11) is 0. The number of aromatic nitrogens is 1. The fourth-order valence-corrected chi connectivity index (χ4v) is 3.06. The van der Waals surface area contributed by atoms with E-state index in [1.807, 2.05) is 13.0 Å². The summed E-state index contributed by atoms with van der Waals surface area (Å²) in [6, 6.07) is 3.63. The number of ketones is 1. The van der Waals surface area contributed by atoms with E-state index in [9.17, 15) is 24.0 Å². The maximum Gasteiger partial charge on any atom is 0.407 e. The number of nitrogens with one attached hydrogen (secondary N) is 3. The van der Waals surface area contributed by atoms with E-state index in [-0.39, 0.29) is 30.1 Å². The van der Waals surface area contributed by atoms with Gasteiger partial charge >= 0.3 is 12.1 Å². The molecule has 214 valence electrons. The summed E-state index contributed by atoms with van der Waals surface area (Å²) < 4.78 is 10.6. The summed E-state index contributed by atoms with van der Waals surface area (Å²) in [6.45, 7) is 11.7. The Labute approximate surface area is 229 Å². The zero-order valence-corrected chi connectivity index (χ0v) is 23.8. The first kappa shape index (κ1) is 33.0. The van der Waals surface area contributed by atoms with Gasteiger partial charge in [0.15, 0.2) is 0 Å². The first-order valence-electron chi connectivity index (χ1n) is 12.8. The number of hydrogen-bond acceptors (Lipinski definition) is 8. The lowest BCUT2D eigenvalue weighted by Gasteiger charge is -2.19. The number of rotatable bonds is 13. The van der Waals surface area contributed by atoms with E-state index >= 15 is 0 Å². The number of Topliss-reactive ketones (excluding diaryl/α,β-unsaturated/α-hetero) is 1. The van der Waals surface area contributed by atoms with E-state index < -0.39 is 41.6 Å². The van der Waals surface area contributed by atoms with Crippen LogP contribution in [0.3, 0.4) is 0 Å². The van der Waals surface area contributed by atoms with Crippen LogP contribution in [0.5, 0.6) is 0 Å². The zero-order chi connectivity index (χ0) is 29.6. The highest BCUT2D eigenvalue weighted by molar-refractivity contribution is 6.02. The highest BCUT2D eigenvalue weighted by Crippen LogP contribution is 2.08. The lowest BCUT2D eigenvalue weighted by atomic mass is 10.1. The second-order valence-electron chi connectivity index (χ2n) is 9.82. The molecule has 1 rings (SSSR count). The van der Waals surface area contributed by atoms with Gasteiger partial charge in [-0.15, -0.1) is 0 Å². The van der Waals surface area contributed by atoms with Crippen LogP contribution in [0.2, 0.25) is 0 Å². The van der Waals surface area contributed by atoms with Gasteiger partial charge in [-0.05, 0) is 66.2 Å². The number of esters is 1. The van der Waals surface area contributed by atoms with Crippen LogP contribution >= 0.6 is 0 Å². The molecule has 0 aliphatic carbocycles. The van der Waals surface area contributed by atoms with Crippen LogP contribution < -0.4 is 16.0 Å². The van der Waals surface area contributed by atoms with Gasteiger partial charge in [-0.25, -0.2) is 14.6 Å². The first-order valence-corrected chi connectivity index (χ1v) is 12.8. The number of unbranched alkanes of at least 4 members (excludes halogenated alkanes) is 1. The van der Waals surface area contributed by atoms with Crippen molar-refractivity contribution in [3.8, 4) is 0 Å². The quantitative estimate of drug-likeness (QED) is 0.194. The van der Waals surface area contributed by atoms with Crippen LogP contribution in [0.1, 0.15) is 83.9 Å². The predicted octanol–water partition coefficient (Wildman–Crippen LogP) is 3.49. The van der Waals surface area contributed by atoms with E-state index in [1.165, 1.54) is 26.0 Å². The third-order valence-electron chi connectivity index (χ3n) is 4.90.